The molecule has 18 heavy (non-hydrogen) atoms. The molecule has 0 heterocycles. The van der Waals surface area contributed by atoms with Crippen molar-refractivity contribution in [3.8, 4) is 11.5 Å². The fourth-order valence-corrected chi connectivity index (χ4v) is 1.88. The lowest BCUT2D eigenvalue weighted by Gasteiger charge is -2.11. The van der Waals surface area contributed by atoms with E-state index in [1.165, 1.54) is 0 Å². The zero-order chi connectivity index (χ0) is 13.0. The number of aromatic hydroxyl groups is 2. The number of aliphatic hydroxyl groups excluding tert-OH is 1. The van der Waals surface area contributed by atoms with Gasteiger partial charge in [-0.05, 0) is 48.2 Å². The maximum absolute atomic E-state index is 10.00. The van der Waals surface area contributed by atoms with Gasteiger partial charge in [0.1, 0.15) is 11.5 Å². The molecule has 0 saturated heterocycles. The lowest BCUT2D eigenvalue weighted by molar-refractivity contribution is 0.167. The third kappa shape index (κ3) is 3.25. The lowest BCUT2D eigenvalue weighted by Crippen LogP contribution is -1.99. The molecule has 0 amide bonds. The second-order valence-corrected chi connectivity index (χ2v) is 4.32. The molecule has 3 N–H and O–H groups in total. The van der Waals surface area contributed by atoms with Gasteiger partial charge >= 0.3 is 0 Å². The van der Waals surface area contributed by atoms with Gasteiger partial charge < -0.3 is 15.3 Å². The Bertz CT molecular complexity index is 505. The van der Waals surface area contributed by atoms with Crippen molar-refractivity contribution >= 4 is 0 Å². The minimum atomic E-state index is -0.562. The Kier molecular flexibility index (Phi) is 3.85. The van der Waals surface area contributed by atoms with E-state index < -0.39 is 6.10 Å². The Balaban J connectivity index is 1.96. The zero-order valence-corrected chi connectivity index (χ0v) is 9.95. The summed E-state index contributed by atoms with van der Waals surface area (Å²) in [5, 5.41) is 28.5. The molecule has 94 valence electrons. The molecule has 0 bridgehead atoms. The van der Waals surface area contributed by atoms with Gasteiger partial charge in [-0.3, -0.25) is 0 Å². The highest BCUT2D eigenvalue weighted by Crippen LogP contribution is 2.22. The molecule has 0 aliphatic heterocycles. The van der Waals surface area contributed by atoms with Gasteiger partial charge in [0.25, 0.3) is 0 Å². The molecule has 2 aromatic carbocycles. The van der Waals surface area contributed by atoms with Crippen LogP contribution in [-0.4, -0.2) is 15.3 Å². The molecular weight excluding hydrogens is 228 g/mol. The van der Waals surface area contributed by atoms with Crippen LogP contribution in [0.4, 0.5) is 0 Å². The number of aryl methyl sites for hydroxylation is 1. The van der Waals surface area contributed by atoms with Crippen LogP contribution in [0, 0.1) is 0 Å². The predicted octanol–water partition coefficient (Wildman–Crippen LogP) is 2.76. The minimum Gasteiger partial charge on any atom is -0.508 e. The summed E-state index contributed by atoms with van der Waals surface area (Å²) in [5.74, 6) is 0.436. The molecule has 0 aliphatic rings. The molecule has 3 nitrogen and oxygen atoms in total. The standard InChI is InChI=1S/C15H16O3/c16-13-7-5-12(6-8-13)15(18)9-4-11-2-1-3-14(17)10-11/h1-3,5-8,10,15-18H,4,9H2. The smallest absolute Gasteiger partial charge is 0.115 e. The van der Waals surface area contributed by atoms with Crippen molar-refractivity contribution in [1.82, 2.24) is 0 Å². The van der Waals surface area contributed by atoms with Crippen molar-refractivity contribution in [2.75, 3.05) is 0 Å². The average molecular weight is 244 g/mol. The fourth-order valence-electron chi connectivity index (χ4n) is 1.88. The van der Waals surface area contributed by atoms with Crippen LogP contribution in [0.3, 0.4) is 0 Å². The quantitative estimate of drug-likeness (QED) is 0.775. The van der Waals surface area contributed by atoms with E-state index in [1.807, 2.05) is 6.07 Å². The van der Waals surface area contributed by atoms with Crippen molar-refractivity contribution in [2.45, 2.75) is 18.9 Å². The molecule has 1 unspecified atom stereocenters. The molecule has 0 aliphatic carbocycles. The first-order valence-corrected chi connectivity index (χ1v) is 5.90. The summed E-state index contributed by atoms with van der Waals surface area (Å²) < 4.78 is 0. The Labute approximate surface area is 106 Å². The molecule has 2 rings (SSSR count). The Hall–Kier alpha value is -2.00. The van der Waals surface area contributed by atoms with Crippen molar-refractivity contribution < 1.29 is 15.3 Å². The van der Waals surface area contributed by atoms with Crippen LogP contribution >= 0.6 is 0 Å². The van der Waals surface area contributed by atoms with Crippen LogP contribution in [0.5, 0.6) is 11.5 Å². The third-order valence-corrected chi connectivity index (χ3v) is 2.89. The van der Waals surface area contributed by atoms with E-state index in [0.29, 0.717) is 12.8 Å². The Morgan fingerprint density at radius 1 is 0.889 bits per heavy atom. The van der Waals surface area contributed by atoms with E-state index in [-0.39, 0.29) is 11.5 Å². The number of aliphatic hydroxyl groups is 1. The van der Waals surface area contributed by atoms with Gasteiger partial charge in [-0.15, -0.1) is 0 Å². The number of hydrogen-bond acceptors (Lipinski definition) is 3. The maximum atomic E-state index is 10.00. The summed E-state index contributed by atoms with van der Waals surface area (Å²) in [7, 11) is 0. The van der Waals surface area contributed by atoms with Crippen LogP contribution in [-0.2, 0) is 6.42 Å². The normalized spacial score (nSPS) is 12.3. The summed E-state index contributed by atoms with van der Waals surface area (Å²) >= 11 is 0. The second-order valence-electron chi connectivity index (χ2n) is 4.32. The number of rotatable bonds is 4. The summed E-state index contributed by atoms with van der Waals surface area (Å²) in [6.07, 6.45) is 0.706. The van der Waals surface area contributed by atoms with Gasteiger partial charge in [0.05, 0.1) is 6.10 Å². The van der Waals surface area contributed by atoms with E-state index in [1.54, 1.807) is 42.5 Å². The van der Waals surface area contributed by atoms with E-state index >= 15 is 0 Å². The summed E-state index contributed by atoms with van der Waals surface area (Å²) in [6, 6.07) is 13.6. The van der Waals surface area contributed by atoms with E-state index in [0.717, 1.165) is 11.1 Å². The largest absolute Gasteiger partial charge is 0.508 e. The molecule has 2 aromatic rings. The molecular formula is C15H16O3. The number of phenols is 2. The summed E-state index contributed by atoms with van der Waals surface area (Å²) in [4.78, 5) is 0. The molecule has 0 radical (unpaired) electrons. The van der Waals surface area contributed by atoms with Gasteiger partial charge in [0, 0.05) is 0 Å². The average Bonchev–Trinajstić information content (AvgIpc) is 2.37. The summed E-state index contributed by atoms with van der Waals surface area (Å²) in [5.41, 5.74) is 1.78. The monoisotopic (exact) mass is 244 g/mol. The molecule has 3 heteroatoms. The minimum absolute atomic E-state index is 0.193. The van der Waals surface area contributed by atoms with Crippen LogP contribution in [0.2, 0.25) is 0 Å². The topological polar surface area (TPSA) is 60.7 Å². The molecule has 1 atom stereocenters. The molecule has 0 spiro atoms. The first kappa shape index (κ1) is 12.5. The zero-order valence-electron chi connectivity index (χ0n) is 9.95. The highest BCUT2D eigenvalue weighted by molar-refractivity contribution is 5.29. The van der Waals surface area contributed by atoms with Crippen molar-refractivity contribution in [3.63, 3.8) is 0 Å². The second kappa shape index (κ2) is 5.56. The Morgan fingerprint density at radius 3 is 2.28 bits per heavy atom. The molecule has 0 aromatic heterocycles. The van der Waals surface area contributed by atoms with Crippen LogP contribution < -0.4 is 0 Å². The summed E-state index contributed by atoms with van der Waals surface area (Å²) in [6.45, 7) is 0. The first-order valence-electron chi connectivity index (χ1n) is 5.90. The van der Waals surface area contributed by atoms with Crippen LogP contribution in [0.25, 0.3) is 0 Å². The fraction of sp³-hybridized carbons (Fsp3) is 0.200. The third-order valence-electron chi connectivity index (χ3n) is 2.89. The van der Waals surface area contributed by atoms with Crippen LogP contribution in [0.1, 0.15) is 23.7 Å². The highest BCUT2D eigenvalue weighted by Gasteiger charge is 2.07. The van der Waals surface area contributed by atoms with E-state index in [2.05, 4.69) is 0 Å². The number of phenolic OH excluding ortho intramolecular Hbond substituents is 2. The number of benzene rings is 2. The van der Waals surface area contributed by atoms with Crippen molar-refractivity contribution in [3.05, 3.63) is 59.7 Å². The van der Waals surface area contributed by atoms with Gasteiger partial charge in [-0.1, -0.05) is 24.3 Å². The Morgan fingerprint density at radius 2 is 1.61 bits per heavy atom. The van der Waals surface area contributed by atoms with Gasteiger partial charge in [-0.2, -0.15) is 0 Å². The van der Waals surface area contributed by atoms with Crippen LogP contribution in [0.15, 0.2) is 48.5 Å². The van der Waals surface area contributed by atoms with Gasteiger partial charge in [0.15, 0.2) is 0 Å². The molecule has 0 saturated carbocycles. The highest BCUT2D eigenvalue weighted by atomic mass is 16.3. The SMILES string of the molecule is Oc1ccc(C(O)CCc2cccc(O)c2)cc1. The van der Waals surface area contributed by atoms with Crippen molar-refractivity contribution in [1.29, 1.82) is 0 Å². The van der Waals surface area contributed by atoms with Gasteiger partial charge in [0.2, 0.25) is 0 Å². The maximum Gasteiger partial charge on any atom is 0.115 e. The van der Waals surface area contributed by atoms with E-state index in [9.17, 15) is 10.2 Å². The number of hydrogen-bond donors (Lipinski definition) is 3. The first-order chi connectivity index (χ1) is 8.65. The predicted molar refractivity (Wildman–Crippen MR) is 69.5 cm³/mol. The van der Waals surface area contributed by atoms with E-state index in [4.69, 9.17) is 5.11 Å². The molecule has 0 fully saturated rings. The van der Waals surface area contributed by atoms with Gasteiger partial charge in [-0.25, -0.2) is 0 Å². The van der Waals surface area contributed by atoms with Crippen molar-refractivity contribution in [2.24, 2.45) is 0 Å². The lowest BCUT2D eigenvalue weighted by atomic mass is 10.0.